The van der Waals surface area contributed by atoms with Gasteiger partial charge in [-0.05, 0) is 65.2 Å². The minimum absolute atomic E-state index is 0.155. The third-order valence-corrected chi connectivity index (χ3v) is 5.29. The van der Waals surface area contributed by atoms with Gasteiger partial charge in [-0.15, -0.1) is 0 Å². The molecule has 164 valence electrons. The van der Waals surface area contributed by atoms with E-state index in [0.29, 0.717) is 6.61 Å². The lowest BCUT2D eigenvalue weighted by atomic mass is 10.1. The van der Waals surface area contributed by atoms with E-state index < -0.39 is 0 Å². The Balaban J connectivity index is 1.54. The summed E-state index contributed by atoms with van der Waals surface area (Å²) in [5.74, 6) is 1.55. The molecule has 0 saturated carbocycles. The molecular formula is C24H31N5O2. The van der Waals surface area contributed by atoms with Crippen LogP contribution in [0.5, 0.6) is 5.75 Å². The Kier molecular flexibility index (Phi) is 7.39. The van der Waals surface area contributed by atoms with Gasteiger partial charge in [0.05, 0.1) is 24.5 Å². The molecule has 1 aliphatic heterocycles. The maximum absolute atomic E-state index is 5.52. The molecule has 0 bridgehead atoms. The molecule has 1 N–H and O–H groups in total. The zero-order valence-corrected chi connectivity index (χ0v) is 19.2. The summed E-state index contributed by atoms with van der Waals surface area (Å²) in [5, 5.41) is 7.51. The summed E-state index contributed by atoms with van der Waals surface area (Å²) in [4.78, 5) is 19.5. The first-order valence-electron chi connectivity index (χ1n) is 10.6. The maximum Gasteiger partial charge on any atom is 0.150 e. The minimum atomic E-state index is 0.155. The van der Waals surface area contributed by atoms with Gasteiger partial charge in [0, 0.05) is 29.2 Å². The Morgan fingerprint density at radius 2 is 1.94 bits per heavy atom. The topological polar surface area (TPSA) is 81.0 Å². The van der Waals surface area contributed by atoms with E-state index in [1.807, 2.05) is 44.2 Å². The third-order valence-electron chi connectivity index (χ3n) is 5.29. The first kappa shape index (κ1) is 22.5. The van der Waals surface area contributed by atoms with Crippen LogP contribution in [-0.4, -0.2) is 41.3 Å². The Hall–Kier alpha value is -3.22. The second-order valence-corrected chi connectivity index (χ2v) is 7.75. The van der Waals surface area contributed by atoms with Crippen molar-refractivity contribution < 1.29 is 9.57 Å². The van der Waals surface area contributed by atoms with Crippen LogP contribution < -0.4 is 10.1 Å². The number of allylic oxidation sites excluding steroid dienone is 1. The molecule has 31 heavy (non-hydrogen) atoms. The van der Waals surface area contributed by atoms with Crippen molar-refractivity contribution in [1.29, 1.82) is 0 Å². The average Bonchev–Trinajstić information content (AvgIpc) is 2.76. The number of methoxy groups -OCH3 is 1. The molecule has 0 radical (unpaired) electrons. The second kappa shape index (κ2) is 10.2. The van der Waals surface area contributed by atoms with E-state index in [0.717, 1.165) is 58.6 Å². The summed E-state index contributed by atoms with van der Waals surface area (Å²) < 4.78 is 5.35. The first-order chi connectivity index (χ1) is 14.9. The fraction of sp³-hybridized carbons (Fsp3) is 0.417. The third kappa shape index (κ3) is 5.90. The smallest absolute Gasteiger partial charge is 0.150 e. The number of pyridine rings is 2. The maximum atomic E-state index is 5.52. The quantitative estimate of drug-likeness (QED) is 0.386. The Morgan fingerprint density at radius 3 is 2.68 bits per heavy atom. The SMILES string of the molecule is COc1cc(C)nc(-c2cccc(CCCON=C(C)C3=NC(C)C(C)=C(C)N3)n2)c1. The molecule has 0 aromatic carbocycles. The Labute approximate surface area is 184 Å². The molecule has 0 aliphatic carbocycles. The van der Waals surface area contributed by atoms with Crippen LogP contribution in [-0.2, 0) is 11.3 Å². The summed E-state index contributed by atoms with van der Waals surface area (Å²) in [6.45, 7) is 10.6. The van der Waals surface area contributed by atoms with Gasteiger partial charge in [0.25, 0.3) is 0 Å². The second-order valence-electron chi connectivity index (χ2n) is 7.75. The molecule has 1 atom stereocenters. The van der Waals surface area contributed by atoms with Crippen molar-refractivity contribution in [3.8, 4) is 17.1 Å². The largest absolute Gasteiger partial charge is 0.497 e. The van der Waals surface area contributed by atoms with Gasteiger partial charge in [0.1, 0.15) is 18.1 Å². The van der Waals surface area contributed by atoms with Gasteiger partial charge in [0.2, 0.25) is 0 Å². The Morgan fingerprint density at radius 1 is 1.13 bits per heavy atom. The fourth-order valence-electron chi connectivity index (χ4n) is 3.25. The zero-order valence-electron chi connectivity index (χ0n) is 19.2. The number of nitrogens with zero attached hydrogens (tertiary/aromatic N) is 4. The van der Waals surface area contributed by atoms with Crippen molar-refractivity contribution in [2.24, 2.45) is 10.1 Å². The molecule has 3 heterocycles. The number of hydrogen-bond donors (Lipinski definition) is 1. The van der Waals surface area contributed by atoms with Crippen LogP contribution in [0.2, 0.25) is 0 Å². The normalized spacial score (nSPS) is 16.6. The van der Waals surface area contributed by atoms with E-state index in [4.69, 9.17) is 14.6 Å². The van der Waals surface area contributed by atoms with Gasteiger partial charge < -0.3 is 14.9 Å². The van der Waals surface area contributed by atoms with Crippen LogP contribution in [0.15, 0.2) is 51.8 Å². The van der Waals surface area contributed by atoms with Gasteiger partial charge in [-0.2, -0.15) is 0 Å². The van der Waals surface area contributed by atoms with Crippen molar-refractivity contribution in [3.05, 3.63) is 53.0 Å². The van der Waals surface area contributed by atoms with E-state index in [1.54, 1.807) is 7.11 Å². The number of amidine groups is 1. The van der Waals surface area contributed by atoms with E-state index in [2.05, 4.69) is 41.2 Å². The molecule has 1 unspecified atom stereocenters. The number of rotatable bonds is 8. The van der Waals surface area contributed by atoms with Gasteiger partial charge in [-0.3, -0.25) is 15.0 Å². The van der Waals surface area contributed by atoms with E-state index in [9.17, 15) is 0 Å². The molecule has 0 amide bonds. The van der Waals surface area contributed by atoms with E-state index in [1.165, 1.54) is 5.57 Å². The number of aryl methyl sites for hydroxylation is 2. The number of ether oxygens (including phenoxy) is 1. The van der Waals surface area contributed by atoms with Crippen LogP contribution in [0.1, 0.15) is 45.5 Å². The predicted octanol–water partition coefficient (Wildman–Crippen LogP) is 4.47. The van der Waals surface area contributed by atoms with Gasteiger partial charge in [-0.1, -0.05) is 11.2 Å². The van der Waals surface area contributed by atoms with E-state index >= 15 is 0 Å². The number of nitrogens with one attached hydrogen (secondary N) is 1. The lowest BCUT2D eigenvalue weighted by Gasteiger charge is -2.22. The molecule has 0 saturated heterocycles. The van der Waals surface area contributed by atoms with Crippen LogP contribution in [0.3, 0.4) is 0 Å². The highest BCUT2D eigenvalue weighted by atomic mass is 16.6. The number of aliphatic imine (C=N–C) groups is 1. The Bertz CT molecular complexity index is 1030. The van der Waals surface area contributed by atoms with Crippen LogP contribution in [0.4, 0.5) is 0 Å². The van der Waals surface area contributed by atoms with Crippen molar-refractivity contribution in [1.82, 2.24) is 15.3 Å². The van der Waals surface area contributed by atoms with E-state index in [-0.39, 0.29) is 6.04 Å². The zero-order chi connectivity index (χ0) is 22.4. The van der Waals surface area contributed by atoms with Crippen molar-refractivity contribution in [3.63, 3.8) is 0 Å². The summed E-state index contributed by atoms with van der Waals surface area (Å²) in [6.07, 6.45) is 1.61. The predicted molar refractivity (Wildman–Crippen MR) is 125 cm³/mol. The van der Waals surface area contributed by atoms with Gasteiger partial charge in [0.15, 0.2) is 5.84 Å². The van der Waals surface area contributed by atoms with Crippen LogP contribution >= 0.6 is 0 Å². The highest BCUT2D eigenvalue weighted by Crippen LogP contribution is 2.22. The standard InChI is InChI=1S/C24H31N5O2/c1-15-13-21(30-6)14-23(25-15)22-11-7-9-20(28-22)10-8-12-31-29-19(5)24-26-17(3)16(2)18(4)27-24/h7,9,11,13-14,17H,8,10,12H2,1-6H3,(H,26,27). The monoisotopic (exact) mass is 421 g/mol. The summed E-state index contributed by atoms with van der Waals surface area (Å²) in [6, 6.07) is 9.95. The first-order valence-corrected chi connectivity index (χ1v) is 10.6. The minimum Gasteiger partial charge on any atom is -0.497 e. The lowest BCUT2D eigenvalue weighted by Crippen LogP contribution is -2.35. The number of hydrogen-bond acceptors (Lipinski definition) is 7. The average molecular weight is 422 g/mol. The lowest BCUT2D eigenvalue weighted by molar-refractivity contribution is 0.142. The van der Waals surface area contributed by atoms with Crippen molar-refractivity contribution in [2.75, 3.05) is 13.7 Å². The van der Waals surface area contributed by atoms with Gasteiger partial charge >= 0.3 is 0 Å². The molecule has 3 rings (SSSR count). The summed E-state index contributed by atoms with van der Waals surface area (Å²) in [5.41, 5.74) is 6.65. The van der Waals surface area contributed by atoms with Crippen molar-refractivity contribution in [2.45, 2.75) is 53.5 Å². The number of oxime groups is 1. The molecule has 7 nitrogen and oxygen atoms in total. The molecule has 0 fully saturated rings. The summed E-state index contributed by atoms with van der Waals surface area (Å²) in [7, 11) is 1.66. The molecule has 7 heteroatoms. The highest BCUT2D eigenvalue weighted by Gasteiger charge is 2.17. The van der Waals surface area contributed by atoms with Gasteiger partial charge in [-0.25, -0.2) is 0 Å². The molecule has 1 aliphatic rings. The molecule has 0 spiro atoms. The molecule has 2 aromatic rings. The molecule has 2 aromatic heterocycles. The van der Waals surface area contributed by atoms with Crippen molar-refractivity contribution >= 4 is 11.5 Å². The summed E-state index contributed by atoms with van der Waals surface area (Å²) >= 11 is 0. The number of aromatic nitrogens is 2. The fourth-order valence-corrected chi connectivity index (χ4v) is 3.25. The van der Waals surface area contributed by atoms with Crippen LogP contribution in [0, 0.1) is 6.92 Å². The highest BCUT2D eigenvalue weighted by molar-refractivity contribution is 6.41. The molecular weight excluding hydrogens is 390 g/mol. The van der Waals surface area contributed by atoms with Crippen LogP contribution in [0.25, 0.3) is 11.4 Å².